The van der Waals surface area contributed by atoms with Crippen LogP contribution < -0.4 is 5.32 Å². The third-order valence-electron chi connectivity index (χ3n) is 5.22. The first-order valence-corrected chi connectivity index (χ1v) is 11.4. The van der Waals surface area contributed by atoms with E-state index in [1.54, 1.807) is 20.1 Å². The fraction of sp³-hybridized carbons (Fsp3) is 0.737. The standard InChI is InChI=1S/C19H34N4O3S.HI/c1-6-20-18(23-11-13-27(24,25)19(4,5)15-23)21-14-16(22(7-2)8-3)17-10-9-12-26-17;/h9-10,12,16H,6-8,11,13-15H2,1-5H3,(H,20,21);1H. The van der Waals surface area contributed by atoms with Gasteiger partial charge in [-0.2, -0.15) is 0 Å². The molecule has 1 unspecified atom stereocenters. The largest absolute Gasteiger partial charge is 0.468 e. The van der Waals surface area contributed by atoms with E-state index in [2.05, 4.69) is 29.0 Å². The molecule has 1 aliphatic rings. The van der Waals surface area contributed by atoms with Crippen LogP contribution in [0.3, 0.4) is 0 Å². The van der Waals surface area contributed by atoms with Crippen molar-refractivity contribution in [3.05, 3.63) is 24.2 Å². The molecule has 9 heteroatoms. The smallest absolute Gasteiger partial charge is 0.194 e. The number of nitrogens with one attached hydrogen (secondary N) is 1. The monoisotopic (exact) mass is 526 g/mol. The minimum atomic E-state index is -3.08. The highest BCUT2D eigenvalue weighted by Gasteiger charge is 2.41. The lowest BCUT2D eigenvalue weighted by atomic mass is 10.2. The van der Waals surface area contributed by atoms with Gasteiger partial charge in [-0.3, -0.25) is 9.89 Å². The van der Waals surface area contributed by atoms with Crippen molar-refractivity contribution >= 4 is 39.8 Å². The van der Waals surface area contributed by atoms with E-state index < -0.39 is 14.6 Å². The number of nitrogens with zero attached hydrogens (tertiary/aromatic N) is 3. The van der Waals surface area contributed by atoms with Crippen molar-refractivity contribution in [3.8, 4) is 0 Å². The predicted octanol–water partition coefficient (Wildman–Crippen LogP) is 2.76. The molecule has 1 N–H and O–H groups in total. The van der Waals surface area contributed by atoms with E-state index in [9.17, 15) is 8.42 Å². The van der Waals surface area contributed by atoms with Crippen LogP contribution in [0.15, 0.2) is 27.8 Å². The van der Waals surface area contributed by atoms with Crippen LogP contribution in [0.2, 0.25) is 0 Å². The second-order valence-corrected chi connectivity index (χ2v) is 10.2. The van der Waals surface area contributed by atoms with Gasteiger partial charge in [-0.05, 0) is 46.0 Å². The lowest BCUT2D eigenvalue weighted by Gasteiger charge is -2.39. The van der Waals surface area contributed by atoms with Crippen LogP contribution >= 0.6 is 24.0 Å². The summed E-state index contributed by atoms with van der Waals surface area (Å²) in [5.74, 6) is 1.83. The van der Waals surface area contributed by atoms with E-state index in [0.717, 1.165) is 31.4 Å². The van der Waals surface area contributed by atoms with Crippen molar-refractivity contribution in [1.82, 2.24) is 15.1 Å². The molecule has 1 aliphatic heterocycles. The molecule has 0 saturated carbocycles. The molecular weight excluding hydrogens is 491 g/mol. The molecule has 0 amide bonds. The van der Waals surface area contributed by atoms with Crippen LogP contribution in [0.1, 0.15) is 46.4 Å². The van der Waals surface area contributed by atoms with Gasteiger partial charge in [-0.15, -0.1) is 24.0 Å². The van der Waals surface area contributed by atoms with Crippen LogP contribution in [0.5, 0.6) is 0 Å². The molecule has 0 aliphatic carbocycles. The Morgan fingerprint density at radius 2 is 2.04 bits per heavy atom. The van der Waals surface area contributed by atoms with Gasteiger partial charge >= 0.3 is 0 Å². The minimum absolute atomic E-state index is 0. The maximum absolute atomic E-state index is 12.3. The van der Waals surface area contributed by atoms with Gasteiger partial charge in [-0.25, -0.2) is 8.42 Å². The van der Waals surface area contributed by atoms with Crippen LogP contribution in [0.4, 0.5) is 0 Å². The second-order valence-electron chi connectivity index (χ2n) is 7.45. The van der Waals surface area contributed by atoms with Crippen LogP contribution in [-0.4, -0.2) is 73.9 Å². The zero-order valence-electron chi connectivity index (χ0n) is 17.6. The van der Waals surface area contributed by atoms with Crippen LogP contribution in [0, 0.1) is 0 Å². The quantitative estimate of drug-likeness (QED) is 0.335. The lowest BCUT2D eigenvalue weighted by molar-refractivity contribution is 0.197. The number of guanidine groups is 1. The van der Waals surface area contributed by atoms with E-state index in [1.807, 2.05) is 19.1 Å². The zero-order valence-corrected chi connectivity index (χ0v) is 20.8. The van der Waals surface area contributed by atoms with E-state index in [0.29, 0.717) is 19.6 Å². The van der Waals surface area contributed by atoms with E-state index in [4.69, 9.17) is 9.41 Å². The number of furan rings is 1. The van der Waals surface area contributed by atoms with Gasteiger partial charge in [0, 0.05) is 19.6 Å². The second kappa shape index (κ2) is 10.8. The molecular formula is C19H35IN4O3S. The SMILES string of the molecule is CCNC(=NCC(c1ccco1)N(CC)CC)N1CCS(=O)(=O)C(C)(C)C1.I. The summed E-state index contributed by atoms with van der Waals surface area (Å²) in [6.07, 6.45) is 1.69. The van der Waals surface area contributed by atoms with Gasteiger partial charge in [0.1, 0.15) is 5.76 Å². The first-order chi connectivity index (χ1) is 12.8. The molecule has 1 atom stereocenters. The Morgan fingerprint density at radius 3 is 2.54 bits per heavy atom. The number of likely N-dealkylation sites (N-methyl/N-ethyl adjacent to an activating group) is 1. The average Bonchev–Trinajstić information content (AvgIpc) is 3.14. The van der Waals surface area contributed by atoms with Gasteiger partial charge in [0.2, 0.25) is 0 Å². The highest BCUT2D eigenvalue weighted by atomic mass is 127. The predicted molar refractivity (Wildman–Crippen MR) is 125 cm³/mol. The summed E-state index contributed by atoms with van der Waals surface area (Å²) < 4.78 is 29.5. The van der Waals surface area contributed by atoms with E-state index >= 15 is 0 Å². The molecule has 0 radical (unpaired) electrons. The summed E-state index contributed by atoms with van der Waals surface area (Å²) in [4.78, 5) is 9.24. The van der Waals surface area contributed by atoms with Crippen molar-refractivity contribution in [1.29, 1.82) is 0 Å². The number of hydrogen-bond donors (Lipinski definition) is 1. The number of hydrogen-bond acceptors (Lipinski definition) is 5. The third-order valence-corrected chi connectivity index (χ3v) is 7.75. The average molecular weight is 526 g/mol. The third kappa shape index (κ3) is 5.85. The molecule has 1 aromatic heterocycles. The first-order valence-electron chi connectivity index (χ1n) is 9.78. The summed E-state index contributed by atoms with van der Waals surface area (Å²) in [5.41, 5.74) is 0. The molecule has 0 bridgehead atoms. The van der Waals surface area contributed by atoms with Gasteiger partial charge in [-0.1, -0.05) is 13.8 Å². The van der Waals surface area contributed by atoms with Gasteiger partial charge < -0.3 is 14.6 Å². The van der Waals surface area contributed by atoms with E-state index in [-0.39, 0.29) is 35.8 Å². The number of halogens is 1. The maximum Gasteiger partial charge on any atom is 0.194 e. The Kier molecular flexibility index (Phi) is 9.75. The molecule has 0 spiro atoms. The molecule has 0 aromatic carbocycles. The summed E-state index contributed by atoms with van der Waals surface area (Å²) in [5, 5.41) is 3.33. The summed E-state index contributed by atoms with van der Waals surface area (Å²) in [6, 6.07) is 3.95. The molecule has 2 heterocycles. The summed E-state index contributed by atoms with van der Waals surface area (Å²) >= 11 is 0. The topological polar surface area (TPSA) is 78.2 Å². The van der Waals surface area contributed by atoms with Crippen molar-refractivity contribution in [2.45, 2.75) is 45.4 Å². The van der Waals surface area contributed by atoms with Gasteiger partial charge in [0.25, 0.3) is 0 Å². The maximum atomic E-state index is 12.3. The number of sulfone groups is 1. The number of rotatable bonds is 7. The minimum Gasteiger partial charge on any atom is -0.468 e. The van der Waals surface area contributed by atoms with Gasteiger partial charge in [0.05, 0.1) is 29.3 Å². The van der Waals surface area contributed by atoms with Crippen molar-refractivity contribution in [3.63, 3.8) is 0 Å². The number of aliphatic imine (C=N–C) groups is 1. The molecule has 1 aromatic rings. The molecule has 28 heavy (non-hydrogen) atoms. The highest BCUT2D eigenvalue weighted by Crippen LogP contribution is 2.25. The summed E-state index contributed by atoms with van der Waals surface area (Å²) in [7, 11) is -3.08. The Bertz CT molecular complexity index is 716. The zero-order chi connectivity index (χ0) is 20.1. The van der Waals surface area contributed by atoms with Crippen LogP contribution in [-0.2, 0) is 9.84 Å². The van der Waals surface area contributed by atoms with Gasteiger partial charge in [0.15, 0.2) is 15.8 Å². The Hall–Kier alpha value is -0.810. The normalized spacial score (nSPS) is 19.9. The van der Waals surface area contributed by atoms with Crippen molar-refractivity contribution < 1.29 is 12.8 Å². The fourth-order valence-corrected chi connectivity index (χ4v) is 4.82. The molecule has 1 fully saturated rings. The molecule has 162 valence electrons. The Morgan fingerprint density at radius 1 is 1.36 bits per heavy atom. The Balaban J connectivity index is 0.00000392. The summed E-state index contributed by atoms with van der Waals surface area (Å²) in [6.45, 7) is 13.9. The molecule has 2 rings (SSSR count). The lowest BCUT2D eigenvalue weighted by Crippen LogP contribution is -2.57. The Labute approximate surface area is 186 Å². The fourth-order valence-electron chi connectivity index (χ4n) is 3.45. The molecule has 1 saturated heterocycles. The van der Waals surface area contributed by atoms with Crippen molar-refractivity contribution in [2.75, 3.05) is 45.0 Å². The van der Waals surface area contributed by atoms with E-state index in [1.165, 1.54) is 0 Å². The molecule has 7 nitrogen and oxygen atoms in total. The highest BCUT2D eigenvalue weighted by molar-refractivity contribution is 14.0. The van der Waals surface area contributed by atoms with Crippen molar-refractivity contribution in [2.24, 2.45) is 4.99 Å². The first kappa shape index (κ1) is 25.2. The van der Waals surface area contributed by atoms with Crippen LogP contribution in [0.25, 0.3) is 0 Å².